The Balaban J connectivity index is 1.31. The Kier molecular flexibility index (Phi) is 6.71. The molecule has 2 fully saturated rings. The number of fused-ring (bicyclic) bond motifs is 1. The highest BCUT2D eigenvalue weighted by Gasteiger charge is 2.48. The van der Waals surface area contributed by atoms with Crippen LogP contribution in [-0.4, -0.2) is 30.2 Å². The fraction of sp³-hybridized carbons (Fsp3) is 0.400. The van der Waals surface area contributed by atoms with E-state index < -0.39 is 11.9 Å². The summed E-state index contributed by atoms with van der Waals surface area (Å²) in [6, 6.07) is 12.6. The van der Waals surface area contributed by atoms with Gasteiger partial charge in [-0.05, 0) is 55.9 Å². The van der Waals surface area contributed by atoms with Gasteiger partial charge in [-0.2, -0.15) is 0 Å². The van der Waals surface area contributed by atoms with Crippen molar-refractivity contribution in [3.05, 3.63) is 65.2 Å². The van der Waals surface area contributed by atoms with Crippen molar-refractivity contribution in [3.63, 3.8) is 0 Å². The van der Waals surface area contributed by atoms with E-state index in [1.54, 1.807) is 29.2 Å². The quantitative estimate of drug-likeness (QED) is 0.250. The number of hydrogen-bond acceptors (Lipinski definition) is 5. The molecule has 2 aromatic rings. The highest BCUT2D eigenvalue weighted by Crippen LogP contribution is 2.40. The highest BCUT2D eigenvalue weighted by atomic mass is 16.5. The first-order chi connectivity index (χ1) is 17.8. The molecule has 0 saturated carbocycles. The predicted molar refractivity (Wildman–Crippen MR) is 140 cm³/mol. The van der Waals surface area contributed by atoms with Gasteiger partial charge in [0.1, 0.15) is 5.75 Å². The fourth-order valence-electron chi connectivity index (χ4n) is 5.82. The molecule has 0 aromatic heterocycles. The molecule has 2 heterocycles. The van der Waals surface area contributed by atoms with E-state index in [-0.39, 0.29) is 48.3 Å². The SMILES string of the molecule is CCc1cccc(CC)c1N1C[C@H](C(=O)Oc2cccc(N3C(=O)[C@H]4CC=C(C)C[C@@H]4C3=O)c2)CC1=O. The zero-order chi connectivity index (χ0) is 26.3. The average molecular weight is 501 g/mol. The lowest BCUT2D eigenvalue weighted by Crippen LogP contribution is -2.31. The number of benzene rings is 2. The van der Waals surface area contributed by atoms with Gasteiger partial charge in [-0.25, -0.2) is 4.90 Å². The molecule has 2 aromatic carbocycles. The lowest BCUT2D eigenvalue weighted by atomic mass is 9.82. The van der Waals surface area contributed by atoms with E-state index in [1.165, 1.54) is 4.90 Å². The summed E-state index contributed by atoms with van der Waals surface area (Å²) < 4.78 is 5.67. The lowest BCUT2D eigenvalue weighted by Gasteiger charge is -2.23. The third kappa shape index (κ3) is 4.47. The molecule has 0 unspecified atom stereocenters. The van der Waals surface area contributed by atoms with Crippen LogP contribution in [0.2, 0.25) is 0 Å². The first kappa shape index (κ1) is 24.9. The van der Waals surface area contributed by atoms with Crippen LogP contribution < -0.4 is 14.5 Å². The molecule has 3 aliphatic rings. The molecule has 37 heavy (non-hydrogen) atoms. The Hall–Kier alpha value is -3.74. The number of nitrogens with zero attached hydrogens (tertiary/aromatic N) is 2. The van der Waals surface area contributed by atoms with Gasteiger partial charge < -0.3 is 9.64 Å². The maximum Gasteiger partial charge on any atom is 0.316 e. The Morgan fingerprint density at radius 3 is 2.32 bits per heavy atom. The number of anilines is 2. The summed E-state index contributed by atoms with van der Waals surface area (Å²) in [5.74, 6) is -2.02. The van der Waals surface area contributed by atoms with Crippen LogP contribution in [0, 0.1) is 17.8 Å². The van der Waals surface area contributed by atoms with Crippen molar-refractivity contribution in [3.8, 4) is 5.75 Å². The lowest BCUT2D eigenvalue weighted by molar-refractivity contribution is -0.139. The summed E-state index contributed by atoms with van der Waals surface area (Å²) in [6.07, 6.45) is 4.86. The largest absolute Gasteiger partial charge is 0.426 e. The molecule has 3 amide bonds. The van der Waals surface area contributed by atoms with Crippen molar-refractivity contribution < 1.29 is 23.9 Å². The molecule has 0 bridgehead atoms. The van der Waals surface area contributed by atoms with Crippen LogP contribution >= 0.6 is 0 Å². The number of ether oxygens (including phenoxy) is 1. The summed E-state index contributed by atoms with van der Waals surface area (Å²) in [7, 11) is 0. The van der Waals surface area contributed by atoms with Gasteiger partial charge in [0.05, 0.1) is 23.4 Å². The summed E-state index contributed by atoms with van der Waals surface area (Å²) in [5.41, 5.74) is 4.60. The summed E-state index contributed by atoms with van der Waals surface area (Å²) >= 11 is 0. The van der Waals surface area contributed by atoms with Crippen LogP contribution in [-0.2, 0) is 32.0 Å². The molecule has 5 rings (SSSR count). The third-order valence-corrected chi connectivity index (χ3v) is 7.81. The van der Waals surface area contributed by atoms with Gasteiger partial charge in [0.2, 0.25) is 17.7 Å². The summed E-state index contributed by atoms with van der Waals surface area (Å²) in [5, 5.41) is 0. The second kappa shape index (κ2) is 9.96. The fourth-order valence-corrected chi connectivity index (χ4v) is 5.82. The number of para-hydroxylation sites is 1. The molecule has 7 heteroatoms. The van der Waals surface area contributed by atoms with Crippen LogP contribution in [0.3, 0.4) is 0 Å². The maximum atomic E-state index is 13.1. The molecule has 2 saturated heterocycles. The molecular weight excluding hydrogens is 468 g/mol. The number of aryl methyl sites for hydroxylation is 2. The van der Waals surface area contributed by atoms with Crippen molar-refractivity contribution in [2.75, 3.05) is 16.3 Å². The van der Waals surface area contributed by atoms with E-state index >= 15 is 0 Å². The molecule has 0 spiro atoms. The van der Waals surface area contributed by atoms with E-state index in [0.717, 1.165) is 35.2 Å². The van der Waals surface area contributed by atoms with Gasteiger partial charge in [0.25, 0.3) is 0 Å². The standard InChI is InChI=1S/C30H32N2O5/c1-4-19-8-6-9-20(5-2)27(19)31-17-21(15-26(31)33)30(36)37-23-11-7-10-22(16-23)32-28(34)24-13-12-18(3)14-25(24)29(32)35/h6-12,16,21,24-25H,4-5,13-15,17H2,1-3H3/t21-,24+,25+/m1/s1. The zero-order valence-electron chi connectivity index (χ0n) is 21.5. The average Bonchev–Trinajstić information content (AvgIpc) is 3.40. The molecule has 2 aliphatic heterocycles. The minimum absolute atomic E-state index is 0.0819. The second-order valence-corrected chi connectivity index (χ2v) is 10.2. The number of amides is 3. The van der Waals surface area contributed by atoms with Gasteiger partial charge in [0, 0.05) is 24.7 Å². The minimum atomic E-state index is -0.599. The summed E-state index contributed by atoms with van der Waals surface area (Å²) in [6.45, 7) is 6.36. The smallest absolute Gasteiger partial charge is 0.316 e. The van der Waals surface area contributed by atoms with E-state index in [1.807, 2.05) is 31.2 Å². The number of allylic oxidation sites excluding steroid dienone is 2. The van der Waals surface area contributed by atoms with Crippen LogP contribution in [0.5, 0.6) is 5.75 Å². The Morgan fingerprint density at radius 1 is 0.946 bits per heavy atom. The molecular formula is C30H32N2O5. The van der Waals surface area contributed by atoms with Gasteiger partial charge in [-0.1, -0.05) is 49.8 Å². The minimum Gasteiger partial charge on any atom is -0.426 e. The number of carbonyl (C=O) groups excluding carboxylic acids is 4. The monoisotopic (exact) mass is 500 g/mol. The maximum absolute atomic E-state index is 13.1. The molecule has 0 radical (unpaired) electrons. The predicted octanol–water partition coefficient (Wildman–Crippen LogP) is 4.62. The number of imide groups is 1. The number of hydrogen-bond donors (Lipinski definition) is 0. The Labute approximate surface area is 217 Å². The van der Waals surface area contributed by atoms with Crippen molar-refractivity contribution in [2.45, 2.75) is 52.9 Å². The van der Waals surface area contributed by atoms with Crippen LogP contribution in [0.4, 0.5) is 11.4 Å². The first-order valence-corrected chi connectivity index (χ1v) is 13.1. The molecule has 7 nitrogen and oxygen atoms in total. The van der Waals surface area contributed by atoms with E-state index in [4.69, 9.17) is 4.74 Å². The summed E-state index contributed by atoms with van der Waals surface area (Å²) in [4.78, 5) is 55.1. The Morgan fingerprint density at radius 2 is 1.62 bits per heavy atom. The van der Waals surface area contributed by atoms with Crippen molar-refractivity contribution in [1.29, 1.82) is 0 Å². The number of rotatable bonds is 6. The van der Waals surface area contributed by atoms with Gasteiger partial charge in [-0.15, -0.1) is 0 Å². The normalized spacial score (nSPS) is 23.4. The van der Waals surface area contributed by atoms with Gasteiger partial charge >= 0.3 is 5.97 Å². The number of esters is 1. The number of carbonyl (C=O) groups is 4. The van der Waals surface area contributed by atoms with Gasteiger partial charge in [-0.3, -0.25) is 19.2 Å². The van der Waals surface area contributed by atoms with Gasteiger partial charge in [0.15, 0.2) is 0 Å². The van der Waals surface area contributed by atoms with Crippen molar-refractivity contribution in [1.82, 2.24) is 0 Å². The Bertz CT molecular complexity index is 1290. The highest BCUT2D eigenvalue weighted by molar-refractivity contribution is 6.22. The molecule has 0 N–H and O–H groups in total. The second-order valence-electron chi connectivity index (χ2n) is 10.2. The van der Waals surface area contributed by atoms with Crippen molar-refractivity contribution in [2.24, 2.45) is 17.8 Å². The van der Waals surface area contributed by atoms with Crippen LogP contribution in [0.1, 0.15) is 51.2 Å². The molecule has 1 aliphatic carbocycles. The van der Waals surface area contributed by atoms with Crippen LogP contribution in [0.25, 0.3) is 0 Å². The molecule has 192 valence electrons. The van der Waals surface area contributed by atoms with E-state index in [9.17, 15) is 19.2 Å². The zero-order valence-corrected chi connectivity index (χ0v) is 21.5. The third-order valence-electron chi connectivity index (χ3n) is 7.81. The molecule has 3 atom stereocenters. The first-order valence-electron chi connectivity index (χ1n) is 13.1. The van der Waals surface area contributed by atoms with E-state index in [2.05, 4.69) is 13.8 Å². The van der Waals surface area contributed by atoms with E-state index in [0.29, 0.717) is 18.5 Å². The van der Waals surface area contributed by atoms with Crippen LogP contribution in [0.15, 0.2) is 54.1 Å². The van der Waals surface area contributed by atoms with Crippen molar-refractivity contribution >= 4 is 35.1 Å². The topological polar surface area (TPSA) is 84.0 Å².